The highest BCUT2D eigenvalue weighted by Crippen LogP contribution is 2.56. The highest BCUT2D eigenvalue weighted by Gasteiger charge is 2.63. The van der Waals surface area contributed by atoms with Crippen LogP contribution in [0.25, 0.3) is 0 Å². The Morgan fingerprint density at radius 2 is 2.21 bits per heavy atom. The minimum Gasteiger partial charge on any atom is -0.468 e. The summed E-state index contributed by atoms with van der Waals surface area (Å²) in [5.41, 5.74) is -0.825. The second kappa shape index (κ2) is 3.95. The van der Waals surface area contributed by atoms with Gasteiger partial charge < -0.3 is 4.74 Å². The van der Waals surface area contributed by atoms with E-state index < -0.39 is 5.41 Å². The first-order chi connectivity index (χ1) is 6.59. The lowest BCUT2D eigenvalue weighted by Crippen LogP contribution is -2.27. The molecule has 0 aromatic rings. The molecule has 0 heterocycles. The van der Waals surface area contributed by atoms with E-state index in [1.165, 1.54) is 14.0 Å². The van der Waals surface area contributed by atoms with Crippen LogP contribution in [0.4, 0.5) is 0 Å². The number of Topliss-reactive ketones (excluding diaryl/α,β-unsaturated/α-hetero) is 1. The fourth-order valence-electron chi connectivity index (χ4n) is 1.92. The van der Waals surface area contributed by atoms with Gasteiger partial charge >= 0.3 is 5.97 Å². The SMILES string of the molecule is C/C=C/CC1CC1(C(C)=O)C(=O)OC. The van der Waals surface area contributed by atoms with Crippen molar-refractivity contribution in [1.82, 2.24) is 0 Å². The fourth-order valence-corrected chi connectivity index (χ4v) is 1.92. The summed E-state index contributed by atoms with van der Waals surface area (Å²) >= 11 is 0. The average molecular weight is 196 g/mol. The molecule has 1 rings (SSSR count). The molecule has 2 unspecified atom stereocenters. The number of ketones is 1. The normalized spacial score (nSPS) is 30.4. The van der Waals surface area contributed by atoms with Gasteiger partial charge in [-0.15, -0.1) is 0 Å². The Balaban J connectivity index is 2.71. The Hall–Kier alpha value is -1.12. The van der Waals surface area contributed by atoms with Gasteiger partial charge in [0.1, 0.15) is 11.2 Å². The summed E-state index contributed by atoms with van der Waals surface area (Å²) in [5, 5.41) is 0. The molecule has 1 saturated carbocycles. The van der Waals surface area contributed by atoms with Crippen molar-refractivity contribution in [2.24, 2.45) is 11.3 Å². The van der Waals surface area contributed by atoms with Crippen molar-refractivity contribution in [3.63, 3.8) is 0 Å². The summed E-state index contributed by atoms with van der Waals surface area (Å²) in [7, 11) is 1.33. The number of carbonyl (C=O) groups excluding carboxylic acids is 2. The summed E-state index contributed by atoms with van der Waals surface area (Å²) in [6.07, 6.45) is 5.34. The van der Waals surface area contributed by atoms with Crippen LogP contribution in [-0.4, -0.2) is 18.9 Å². The van der Waals surface area contributed by atoms with E-state index in [0.29, 0.717) is 6.42 Å². The van der Waals surface area contributed by atoms with E-state index in [4.69, 9.17) is 0 Å². The molecular formula is C11H16O3. The Bertz CT molecular complexity index is 280. The first-order valence-corrected chi connectivity index (χ1v) is 4.80. The molecule has 3 heteroatoms. The molecule has 1 fully saturated rings. The standard InChI is InChI=1S/C11H16O3/c1-4-5-6-9-7-11(9,8(2)12)10(13)14-3/h4-5,9H,6-7H2,1-3H3/b5-4+. The molecule has 0 radical (unpaired) electrons. The Labute approximate surface area is 84.1 Å². The van der Waals surface area contributed by atoms with E-state index >= 15 is 0 Å². The van der Waals surface area contributed by atoms with Gasteiger partial charge in [-0.2, -0.15) is 0 Å². The zero-order valence-corrected chi connectivity index (χ0v) is 8.87. The number of esters is 1. The van der Waals surface area contributed by atoms with Gasteiger partial charge in [0.25, 0.3) is 0 Å². The predicted octanol–water partition coefficient (Wildman–Crippen LogP) is 1.72. The van der Waals surface area contributed by atoms with Crippen molar-refractivity contribution < 1.29 is 14.3 Å². The summed E-state index contributed by atoms with van der Waals surface area (Å²) in [4.78, 5) is 22.8. The largest absolute Gasteiger partial charge is 0.468 e. The first-order valence-electron chi connectivity index (χ1n) is 4.80. The zero-order chi connectivity index (χ0) is 10.8. The van der Waals surface area contributed by atoms with Crippen molar-refractivity contribution in [2.75, 3.05) is 7.11 Å². The first kappa shape index (κ1) is 11.0. The van der Waals surface area contributed by atoms with Gasteiger partial charge in [-0.05, 0) is 32.6 Å². The van der Waals surface area contributed by atoms with Crippen LogP contribution < -0.4 is 0 Å². The van der Waals surface area contributed by atoms with Crippen LogP contribution in [-0.2, 0) is 14.3 Å². The molecule has 0 aliphatic heterocycles. The van der Waals surface area contributed by atoms with E-state index in [1.54, 1.807) is 0 Å². The van der Waals surface area contributed by atoms with Crippen LogP contribution >= 0.6 is 0 Å². The van der Waals surface area contributed by atoms with Crippen LogP contribution in [0.5, 0.6) is 0 Å². The van der Waals surface area contributed by atoms with Crippen molar-refractivity contribution >= 4 is 11.8 Å². The molecule has 0 aromatic heterocycles. The highest BCUT2D eigenvalue weighted by atomic mass is 16.5. The van der Waals surface area contributed by atoms with Crippen LogP contribution in [0.15, 0.2) is 12.2 Å². The third-order valence-electron chi connectivity index (χ3n) is 2.94. The van der Waals surface area contributed by atoms with Gasteiger partial charge in [-0.25, -0.2) is 0 Å². The molecular weight excluding hydrogens is 180 g/mol. The van der Waals surface area contributed by atoms with Crippen molar-refractivity contribution in [3.05, 3.63) is 12.2 Å². The van der Waals surface area contributed by atoms with Gasteiger partial charge in [0, 0.05) is 0 Å². The molecule has 78 valence electrons. The number of methoxy groups -OCH3 is 1. The van der Waals surface area contributed by atoms with E-state index in [2.05, 4.69) is 4.74 Å². The molecule has 0 aromatic carbocycles. The second-order valence-electron chi connectivity index (χ2n) is 3.72. The number of hydrogen-bond donors (Lipinski definition) is 0. The summed E-state index contributed by atoms with van der Waals surface area (Å²) in [6.45, 7) is 3.39. The monoisotopic (exact) mass is 196 g/mol. The fraction of sp³-hybridized carbons (Fsp3) is 0.636. The number of allylic oxidation sites excluding steroid dienone is 2. The molecule has 0 saturated heterocycles. The summed E-state index contributed by atoms with van der Waals surface area (Å²) in [6, 6.07) is 0. The Morgan fingerprint density at radius 3 is 2.64 bits per heavy atom. The van der Waals surface area contributed by atoms with Crippen LogP contribution in [0.1, 0.15) is 26.7 Å². The van der Waals surface area contributed by atoms with Gasteiger partial charge in [-0.3, -0.25) is 9.59 Å². The number of carbonyl (C=O) groups is 2. The smallest absolute Gasteiger partial charge is 0.319 e. The average Bonchev–Trinajstić information content (AvgIpc) is 2.89. The lowest BCUT2D eigenvalue weighted by molar-refractivity contribution is -0.151. The third-order valence-corrected chi connectivity index (χ3v) is 2.94. The maximum absolute atomic E-state index is 11.4. The Kier molecular flexibility index (Phi) is 3.09. The maximum atomic E-state index is 11.4. The van der Waals surface area contributed by atoms with Crippen molar-refractivity contribution in [1.29, 1.82) is 0 Å². The zero-order valence-electron chi connectivity index (χ0n) is 8.87. The van der Waals surface area contributed by atoms with Crippen LogP contribution in [0.2, 0.25) is 0 Å². The summed E-state index contributed by atoms with van der Waals surface area (Å²) in [5.74, 6) is -0.304. The minimum atomic E-state index is -0.825. The number of hydrogen-bond acceptors (Lipinski definition) is 3. The molecule has 0 spiro atoms. The lowest BCUT2D eigenvalue weighted by atomic mass is 9.97. The minimum absolute atomic E-state index is 0.0705. The molecule has 0 amide bonds. The molecule has 1 aliphatic rings. The van der Waals surface area contributed by atoms with Gasteiger partial charge in [-0.1, -0.05) is 12.2 Å². The highest BCUT2D eigenvalue weighted by molar-refractivity contribution is 6.06. The van der Waals surface area contributed by atoms with E-state index in [9.17, 15) is 9.59 Å². The van der Waals surface area contributed by atoms with Crippen LogP contribution in [0, 0.1) is 11.3 Å². The van der Waals surface area contributed by atoms with E-state index in [1.807, 2.05) is 19.1 Å². The van der Waals surface area contributed by atoms with E-state index in [0.717, 1.165) is 6.42 Å². The van der Waals surface area contributed by atoms with E-state index in [-0.39, 0.29) is 17.7 Å². The number of ether oxygens (including phenoxy) is 1. The molecule has 0 bridgehead atoms. The van der Waals surface area contributed by atoms with Gasteiger partial charge in [0.15, 0.2) is 0 Å². The van der Waals surface area contributed by atoms with Gasteiger partial charge in [0.05, 0.1) is 7.11 Å². The maximum Gasteiger partial charge on any atom is 0.319 e. The second-order valence-corrected chi connectivity index (χ2v) is 3.72. The lowest BCUT2D eigenvalue weighted by Gasteiger charge is -2.09. The molecule has 14 heavy (non-hydrogen) atoms. The molecule has 3 nitrogen and oxygen atoms in total. The molecule has 2 atom stereocenters. The predicted molar refractivity (Wildman–Crippen MR) is 52.7 cm³/mol. The molecule has 0 N–H and O–H groups in total. The van der Waals surface area contributed by atoms with Gasteiger partial charge in [0.2, 0.25) is 0 Å². The van der Waals surface area contributed by atoms with Crippen LogP contribution in [0.3, 0.4) is 0 Å². The number of rotatable bonds is 4. The topological polar surface area (TPSA) is 43.4 Å². The Morgan fingerprint density at radius 1 is 1.57 bits per heavy atom. The quantitative estimate of drug-likeness (QED) is 0.390. The van der Waals surface area contributed by atoms with Crippen molar-refractivity contribution in [2.45, 2.75) is 26.7 Å². The molecule has 1 aliphatic carbocycles. The van der Waals surface area contributed by atoms with Crippen molar-refractivity contribution in [3.8, 4) is 0 Å². The third kappa shape index (κ3) is 1.59. The summed E-state index contributed by atoms with van der Waals surface area (Å²) < 4.78 is 4.67.